The monoisotopic (exact) mass is 421 g/mol. The lowest BCUT2D eigenvalue weighted by molar-refractivity contribution is -0.122. The van der Waals surface area contributed by atoms with Crippen LogP contribution in [0.25, 0.3) is 21.6 Å². The largest absolute Gasteiger partial charge is 0.352 e. The molecule has 1 fully saturated rings. The van der Waals surface area contributed by atoms with Gasteiger partial charge in [-0.2, -0.15) is 0 Å². The number of hydrogen-bond acceptors (Lipinski definition) is 4. The summed E-state index contributed by atoms with van der Waals surface area (Å²) in [4.78, 5) is 33.5. The van der Waals surface area contributed by atoms with Crippen LogP contribution < -0.4 is 10.9 Å². The Morgan fingerprint density at radius 1 is 1.07 bits per heavy atom. The molecule has 1 aromatic carbocycles. The smallest absolute Gasteiger partial charge is 0.263 e. The van der Waals surface area contributed by atoms with E-state index in [0.717, 1.165) is 60.7 Å². The van der Waals surface area contributed by atoms with Gasteiger partial charge in [0.1, 0.15) is 17.2 Å². The van der Waals surface area contributed by atoms with E-state index in [4.69, 9.17) is 4.98 Å². The van der Waals surface area contributed by atoms with Gasteiger partial charge in [-0.05, 0) is 44.1 Å². The van der Waals surface area contributed by atoms with Crippen LogP contribution in [0.2, 0.25) is 0 Å². The molecule has 3 aromatic rings. The fraction of sp³-hybridized carbons (Fsp3) is 0.458. The van der Waals surface area contributed by atoms with Crippen LogP contribution in [0, 0.1) is 0 Å². The number of thiophene rings is 1. The molecular weight excluding hydrogens is 394 g/mol. The molecule has 156 valence electrons. The van der Waals surface area contributed by atoms with Crippen molar-refractivity contribution in [2.24, 2.45) is 0 Å². The highest BCUT2D eigenvalue weighted by Crippen LogP contribution is 2.34. The minimum absolute atomic E-state index is 0.0210. The lowest BCUT2D eigenvalue weighted by atomic mass is 9.95. The number of hydrogen-bond donors (Lipinski definition) is 1. The maximum atomic E-state index is 13.6. The number of aromatic nitrogens is 2. The van der Waals surface area contributed by atoms with Crippen LogP contribution in [-0.2, 0) is 24.2 Å². The summed E-state index contributed by atoms with van der Waals surface area (Å²) >= 11 is 1.65. The molecule has 6 heteroatoms. The second-order valence-electron chi connectivity index (χ2n) is 8.49. The number of carbonyl (C=O) groups is 1. The van der Waals surface area contributed by atoms with Gasteiger partial charge in [-0.3, -0.25) is 14.2 Å². The second kappa shape index (κ2) is 8.34. The maximum absolute atomic E-state index is 13.6. The van der Waals surface area contributed by atoms with E-state index < -0.39 is 0 Å². The fourth-order valence-electron chi connectivity index (χ4n) is 4.86. The Balaban J connectivity index is 1.58. The molecule has 5 rings (SSSR count). The van der Waals surface area contributed by atoms with Gasteiger partial charge in [0.25, 0.3) is 5.56 Å². The van der Waals surface area contributed by atoms with E-state index in [0.29, 0.717) is 5.82 Å². The number of aryl methyl sites for hydroxylation is 2. The third-order valence-corrected chi connectivity index (χ3v) is 7.56. The Morgan fingerprint density at radius 2 is 1.83 bits per heavy atom. The molecule has 2 heterocycles. The molecule has 5 nitrogen and oxygen atoms in total. The van der Waals surface area contributed by atoms with E-state index in [-0.39, 0.29) is 24.1 Å². The van der Waals surface area contributed by atoms with E-state index in [1.165, 1.54) is 23.3 Å². The third kappa shape index (κ3) is 3.69. The zero-order chi connectivity index (χ0) is 20.5. The average Bonchev–Trinajstić information content (AvgIpc) is 3.15. The SMILES string of the molecule is O=C(Cn1c(-c2ccccc2)nc2sc3c(c2c1=O)CCCC3)NC1CCCCC1. The van der Waals surface area contributed by atoms with E-state index in [1.807, 2.05) is 30.3 Å². The summed E-state index contributed by atoms with van der Waals surface area (Å²) in [5, 5.41) is 3.89. The van der Waals surface area contributed by atoms with Crippen LogP contribution in [0.15, 0.2) is 35.1 Å². The van der Waals surface area contributed by atoms with Crippen LogP contribution >= 0.6 is 11.3 Å². The number of nitrogens with zero attached hydrogens (tertiary/aromatic N) is 2. The van der Waals surface area contributed by atoms with E-state index in [1.54, 1.807) is 15.9 Å². The fourth-order valence-corrected chi connectivity index (χ4v) is 6.11. The predicted molar refractivity (Wildman–Crippen MR) is 121 cm³/mol. The summed E-state index contributed by atoms with van der Waals surface area (Å²) in [6, 6.07) is 9.97. The van der Waals surface area contributed by atoms with Gasteiger partial charge in [-0.25, -0.2) is 4.98 Å². The van der Waals surface area contributed by atoms with Crippen LogP contribution in [0.4, 0.5) is 0 Å². The molecule has 0 unspecified atom stereocenters. The quantitative estimate of drug-likeness (QED) is 0.677. The van der Waals surface area contributed by atoms with Gasteiger partial charge < -0.3 is 5.32 Å². The van der Waals surface area contributed by atoms with Crippen molar-refractivity contribution in [2.45, 2.75) is 70.4 Å². The van der Waals surface area contributed by atoms with Crippen molar-refractivity contribution in [1.29, 1.82) is 0 Å². The van der Waals surface area contributed by atoms with Gasteiger partial charge >= 0.3 is 0 Å². The number of carbonyl (C=O) groups excluding carboxylic acids is 1. The van der Waals surface area contributed by atoms with Gasteiger partial charge in [-0.15, -0.1) is 11.3 Å². The average molecular weight is 422 g/mol. The highest BCUT2D eigenvalue weighted by atomic mass is 32.1. The molecular formula is C24H27N3O2S. The number of benzene rings is 1. The molecule has 2 aliphatic carbocycles. The molecule has 0 spiro atoms. The Bertz CT molecular complexity index is 1130. The van der Waals surface area contributed by atoms with Crippen molar-refractivity contribution in [1.82, 2.24) is 14.9 Å². The van der Waals surface area contributed by atoms with Gasteiger partial charge in [0.15, 0.2) is 0 Å². The van der Waals surface area contributed by atoms with Crippen molar-refractivity contribution in [2.75, 3.05) is 0 Å². The van der Waals surface area contributed by atoms with Crippen molar-refractivity contribution in [3.8, 4) is 11.4 Å². The van der Waals surface area contributed by atoms with Gasteiger partial charge in [0, 0.05) is 16.5 Å². The second-order valence-corrected chi connectivity index (χ2v) is 9.57. The molecule has 0 bridgehead atoms. The Kier molecular flexibility index (Phi) is 5.42. The lowest BCUT2D eigenvalue weighted by Crippen LogP contribution is -2.40. The van der Waals surface area contributed by atoms with Gasteiger partial charge in [-0.1, -0.05) is 49.6 Å². The summed E-state index contributed by atoms with van der Waals surface area (Å²) < 4.78 is 1.59. The summed E-state index contributed by atoms with van der Waals surface area (Å²) in [6.45, 7) is 0.0210. The summed E-state index contributed by atoms with van der Waals surface area (Å²) in [7, 11) is 0. The van der Waals surface area contributed by atoms with E-state index in [2.05, 4.69) is 5.32 Å². The lowest BCUT2D eigenvalue weighted by Gasteiger charge is -2.23. The van der Waals surface area contributed by atoms with Crippen LogP contribution in [0.3, 0.4) is 0 Å². The van der Waals surface area contributed by atoms with Crippen molar-refractivity contribution < 1.29 is 4.79 Å². The molecule has 0 saturated heterocycles. The maximum Gasteiger partial charge on any atom is 0.263 e. The van der Waals surface area contributed by atoms with Crippen LogP contribution in [-0.4, -0.2) is 21.5 Å². The number of nitrogens with one attached hydrogen (secondary N) is 1. The van der Waals surface area contributed by atoms with Crippen molar-refractivity contribution in [3.05, 3.63) is 51.1 Å². The molecule has 1 saturated carbocycles. The number of fused-ring (bicyclic) bond motifs is 3. The van der Waals surface area contributed by atoms with Crippen molar-refractivity contribution in [3.63, 3.8) is 0 Å². The topological polar surface area (TPSA) is 64.0 Å². The molecule has 30 heavy (non-hydrogen) atoms. The minimum Gasteiger partial charge on any atom is -0.352 e. The molecule has 0 radical (unpaired) electrons. The van der Waals surface area contributed by atoms with E-state index >= 15 is 0 Å². The van der Waals surface area contributed by atoms with E-state index in [9.17, 15) is 9.59 Å². The molecule has 1 amide bonds. The van der Waals surface area contributed by atoms with Gasteiger partial charge in [0.2, 0.25) is 5.91 Å². The predicted octanol–water partition coefficient (Wildman–Crippen LogP) is 4.45. The van der Waals surface area contributed by atoms with Crippen molar-refractivity contribution >= 4 is 27.5 Å². The molecule has 0 atom stereocenters. The Morgan fingerprint density at radius 3 is 2.63 bits per heavy atom. The zero-order valence-corrected chi connectivity index (χ0v) is 18.0. The highest BCUT2D eigenvalue weighted by Gasteiger charge is 2.24. The Labute approximate surface area is 180 Å². The number of amides is 1. The highest BCUT2D eigenvalue weighted by molar-refractivity contribution is 7.18. The summed E-state index contributed by atoms with van der Waals surface area (Å²) in [6.07, 6.45) is 9.87. The molecule has 1 N–H and O–H groups in total. The third-order valence-electron chi connectivity index (χ3n) is 6.38. The van der Waals surface area contributed by atoms with Gasteiger partial charge in [0.05, 0.1) is 5.39 Å². The molecule has 0 aliphatic heterocycles. The first-order chi connectivity index (χ1) is 14.7. The van der Waals surface area contributed by atoms with Crippen LogP contribution in [0.1, 0.15) is 55.4 Å². The summed E-state index contributed by atoms with van der Waals surface area (Å²) in [5.74, 6) is 0.497. The normalized spacial score (nSPS) is 17.1. The Hall–Kier alpha value is -2.47. The first kappa shape index (κ1) is 19.5. The molecule has 2 aliphatic rings. The summed E-state index contributed by atoms with van der Waals surface area (Å²) in [5.41, 5.74) is 1.96. The minimum atomic E-state index is -0.0913. The van der Waals surface area contributed by atoms with Crippen LogP contribution in [0.5, 0.6) is 0 Å². The zero-order valence-electron chi connectivity index (χ0n) is 17.2. The molecule has 2 aromatic heterocycles. The first-order valence-electron chi connectivity index (χ1n) is 11.1. The number of rotatable bonds is 4. The standard InChI is InChI=1S/C24H27N3O2S/c28-20(25-17-11-5-2-6-12-17)15-27-22(16-9-3-1-4-10-16)26-23-21(24(27)29)18-13-7-8-14-19(18)30-23/h1,3-4,9-10,17H,2,5-8,11-15H2,(H,25,28). The first-order valence-corrected chi connectivity index (χ1v) is 11.9.